The number of nitrogens with one attached hydrogen (secondary N) is 1. The van der Waals surface area contributed by atoms with E-state index in [2.05, 4.69) is 46.8 Å². The Morgan fingerprint density at radius 1 is 1.38 bits per heavy atom. The minimum atomic E-state index is 0.206. The van der Waals surface area contributed by atoms with Gasteiger partial charge >= 0.3 is 0 Å². The van der Waals surface area contributed by atoms with E-state index in [0.717, 1.165) is 52.2 Å². The van der Waals surface area contributed by atoms with Crippen LogP contribution in [-0.4, -0.2) is 53.6 Å². The third-order valence-electron chi connectivity index (χ3n) is 4.11. The van der Waals surface area contributed by atoms with Crippen LogP contribution in [-0.2, 0) is 11.3 Å². The van der Waals surface area contributed by atoms with Crippen molar-refractivity contribution in [2.45, 2.75) is 52.3 Å². The fraction of sp³-hybridized carbons (Fsp3) is 0.812. The summed E-state index contributed by atoms with van der Waals surface area (Å²) in [4.78, 5) is 2.47. The topological polar surface area (TPSA) is 42.3 Å². The average Bonchev–Trinajstić information content (AvgIpc) is 2.97. The van der Waals surface area contributed by atoms with Crippen molar-refractivity contribution in [3.63, 3.8) is 0 Å². The quantitative estimate of drug-likeness (QED) is 0.797. The van der Waals surface area contributed by atoms with Crippen molar-refractivity contribution in [2.75, 3.05) is 32.8 Å². The molecule has 1 saturated heterocycles. The molecular weight excluding hydrogens is 264 g/mol. The van der Waals surface area contributed by atoms with Crippen LogP contribution in [0.5, 0.6) is 0 Å². The van der Waals surface area contributed by atoms with Crippen LogP contribution in [0.4, 0.5) is 0 Å². The first-order valence-electron chi connectivity index (χ1n) is 8.39. The SMILES string of the molecule is CCCNC(c1ccnn1CCC)C1CN(CC)CCO1. The molecule has 120 valence electrons. The molecule has 2 heterocycles. The summed E-state index contributed by atoms with van der Waals surface area (Å²) in [7, 11) is 0. The van der Waals surface area contributed by atoms with Crippen molar-refractivity contribution in [1.82, 2.24) is 20.0 Å². The normalized spacial score (nSPS) is 21.6. The molecule has 0 saturated carbocycles. The minimum absolute atomic E-state index is 0.206. The molecule has 0 radical (unpaired) electrons. The minimum Gasteiger partial charge on any atom is -0.374 e. The molecule has 0 amide bonds. The summed E-state index contributed by atoms with van der Waals surface area (Å²) in [5.41, 5.74) is 1.26. The van der Waals surface area contributed by atoms with Crippen molar-refractivity contribution in [2.24, 2.45) is 0 Å². The molecule has 1 aromatic heterocycles. The van der Waals surface area contributed by atoms with Gasteiger partial charge in [-0.15, -0.1) is 0 Å². The van der Waals surface area contributed by atoms with Crippen LogP contribution >= 0.6 is 0 Å². The first-order valence-corrected chi connectivity index (χ1v) is 8.39. The number of nitrogens with zero attached hydrogens (tertiary/aromatic N) is 3. The van der Waals surface area contributed by atoms with Gasteiger partial charge < -0.3 is 10.1 Å². The van der Waals surface area contributed by atoms with Gasteiger partial charge in [0.15, 0.2) is 0 Å². The number of hydrogen-bond donors (Lipinski definition) is 1. The summed E-state index contributed by atoms with van der Waals surface area (Å²) in [5.74, 6) is 0. The lowest BCUT2D eigenvalue weighted by Crippen LogP contribution is -2.48. The maximum Gasteiger partial charge on any atom is 0.0912 e. The van der Waals surface area contributed by atoms with E-state index in [4.69, 9.17) is 4.74 Å². The Morgan fingerprint density at radius 3 is 2.95 bits per heavy atom. The van der Waals surface area contributed by atoms with Crippen LogP contribution in [0, 0.1) is 0 Å². The van der Waals surface area contributed by atoms with E-state index in [1.54, 1.807) is 0 Å². The number of likely N-dealkylation sites (N-methyl/N-ethyl adjacent to an activating group) is 1. The summed E-state index contributed by atoms with van der Waals surface area (Å²) in [6.07, 6.45) is 4.34. The second-order valence-corrected chi connectivity index (χ2v) is 5.71. The molecular formula is C16H30N4O. The first kappa shape index (κ1) is 16.5. The van der Waals surface area contributed by atoms with Crippen molar-refractivity contribution >= 4 is 0 Å². The number of rotatable bonds is 8. The molecule has 5 heteroatoms. The van der Waals surface area contributed by atoms with Crippen LogP contribution < -0.4 is 5.32 Å². The van der Waals surface area contributed by atoms with Crippen LogP contribution in [0.15, 0.2) is 12.3 Å². The number of ether oxygens (including phenoxy) is 1. The lowest BCUT2D eigenvalue weighted by molar-refractivity contribution is -0.0469. The zero-order valence-corrected chi connectivity index (χ0v) is 13.7. The molecule has 0 bridgehead atoms. The van der Waals surface area contributed by atoms with Gasteiger partial charge in [0.1, 0.15) is 0 Å². The predicted molar refractivity (Wildman–Crippen MR) is 85.4 cm³/mol. The third-order valence-corrected chi connectivity index (χ3v) is 4.11. The monoisotopic (exact) mass is 294 g/mol. The molecule has 0 aromatic carbocycles. The van der Waals surface area contributed by atoms with Gasteiger partial charge in [-0.05, 0) is 32.0 Å². The highest BCUT2D eigenvalue weighted by molar-refractivity contribution is 5.10. The molecule has 2 unspecified atom stereocenters. The summed E-state index contributed by atoms with van der Waals surface area (Å²) < 4.78 is 8.21. The van der Waals surface area contributed by atoms with Crippen LogP contribution in [0.1, 0.15) is 45.3 Å². The molecule has 0 aliphatic carbocycles. The van der Waals surface area contributed by atoms with E-state index >= 15 is 0 Å². The third kappa shape index (κ3) is 4.28. The molecule has 1 N–H and O–H groups in total. The summed E-state index contributed by atoms with van der Waals surface area (Å²) in [6, 6.07) is 2.37. The number of aryl methyl sites for hydroxylation is 1. The van der Waals surface area contributed by atoms with Gasteiger partial charge in [0.05, 0.1) is 24.4 Å². The average molecular weight is 294 g/mol. The van der Waals surface area contributed by atoms with E-state index in [-0.39, 0.29) is 12.1 Å². The molecule has 1 aromatic rings. The fourth-order valence-electron chi connectivity index (χ4n) is 2.95. The second-order valence-electron chi connectivity index (χ2n) is 5.71. The summed E-state index contributed by atoms with van der Waals surface area (Å²) in [6.45, 7) is 12.5. The van der Waals surface area contributed by atoms with E-state index in [0.29, 0.717) is 0 Å². The zero-order chi connectivity index (χ0) is 15.1. The number of aromatic nitrogens is 2. The highest BCUT2D eigenvalue weighted by Gasteiger charge is 2.30. The summed E-state index contributed by atoms with van der Waals surface area (Å²) in [5, 5.41) is 8.15. The van der Waals surface area contributed by atoms with Gasteiger partial charge in [-0.25, -0.2) is 0 Å². The van der Waals surface area contributed by atoms with Crippen molar-refractivity contribution in [3.8, 4) is 0 Å². The lowest BCUT2D eigenvalue weighted by Gasteiger charge is -2.37. The molecule has 2 rings (SSSR count). The Morgan fingerprint density at radius 2 is 2.24 bits per heavy atom. The van der Waals surface area contributed by atoms with E-state index in [9.17, 15) is 0 Å². The molecule has 5 nitrogen and oxygen atoms in total. The highest BCUT2D eigenvalue weighted by Crippen LogP contribution is 2.23. The Hall–Kier alpha value is -0.910. The highest BCUT2D eigenvalue weighted by atomic mass is 16.5. The van der Waals surface area contributed by atoms with E-state index < -0.39 is 0 Å². The Labute approximate surface area is 128 Å². The molecule has 0 spiro atoms. The maximum absolute atomic E-state index is 6.08. The maximum atomic E-state index is 6.08. The predicted octanol–water partition coefficient (Wildman–Crippen LogP) is 2.05. The van der Waals surface area contributed by atoms with E-state index in [1.165, 1.54) is 5.69 Å². The molecule has 2 atom stereocenters. The second kappa shape index (κ2) is 8.51. The largest absolute Gasteiger partial charge is 0.374 e. The van der Waals surface area contributed by atoms with Gasteiger partial charge in [-0.3, -0.25) is 9.58 Å². The smallest absolute Gasteiger partial charge is 0.0912 e. The number of hydrogen-bond acceptors (Lipinski definition) is 4. The number of morpholine rings is 1. The van der Waals surface area contributed by atoms with Gasteiger partial charge in [0, 0.05) is 25.8 Å². The lowest BCUT2D eigenvalue weighted by atomic mass is 10.0. The first-order chi connectivity index (χ1) is 10.3. The standard InChI is InChI=1S/C16H30N4O/c1-4-8-17-16(14-7-9-18-20(14)10-5-2)15-13-19(6-3)11-12-21-15/h7,9,15-17H,4-6,8,10-13H2,1-3H3. The fourth-order valence-corrected chi connectivity index (χ4v) is 2.95. The van der Waals surface area contributed by atoms with Crippen LogP contribution in [0.2, 0.25) is 0 Å². The molecule has 1 aliphatic rings. The van der Waals surface area contributed by atoms with Gasteiger partial charge in [0.25, 0.3) is 0 Å². The molecule has 1 aliphatic heterocycles. The van der Waals surface area contributed by atoms with Crippen molar-refractivity contribution < 1.29 is 4.74 Å². The Balaban J connectivity index is 2.14. The zero-order valence-electron chi connectivity index (χ0n) is 13.7. The van der Waals surface area contributed by atoms with Gasteiger partial charge in [0.2, 0.25) is 0 Å². The van der Waals surface area contributed by atoms with Crippen LogP contribution in [0.3, 0.4) is 0 Å². The summed E-state index contributed by atoms with van der Waals surface area (Å²) >= 11 is 0. The Kier molecular flexibility index (Phi) is 6.67. The van der Waals surface area contributed by atoms with Gasteiger partial charge in [-0.1, -0.05) is 20.8 Å². The van der Waals surface area contributed by atoms with Crippen LogP contribution in [0.25, 0.3) is 0 Å². The van der Waals surface area contributed by atoms with Crippen molar-refractivity contribution in [1.29, 1.82) is 0 Å². The molecule has 1 fully saturated rings. The van der Waals surface area contributed by atoms with Crippen molar-refractivity contribution in [3.05, 3.63) is 18.0 Å². The Bertz CT molecular complexity index is 407. The van der Waals surface area contributed by atoms with E-state index in [1.807, 2.05) is 6.20 Å². The van der Waals surface area contributed by atoms with Gasteiger partial charge in [-0.2, -0.15) is 5.10 Å². The molecule has 21 heavy (non-hydrogen) atoms.